The molecule has 0 saturated carbocycles. The third-order valence-electron chi connectivity index (χ3n) is 3.96. The average Bonchev–Trinajstić information content (AvgIpc) is 2.94. The van der Waals surface area contributed by atoms with Crippen LogP contribution in [0.15, 0.2) is 24.3 Å². The second-order valence-electron chi connectivity index (χ2n) is 5.35. The van der Waals surface area contributed by atoms with E-state index in [1.165, 1.54) is 11.1 Å². The fourth-order valence-corrected chi connectivity index (χ4v) is 2.56. The van der Waals surface area contributed by atoms with Crippen molar-refractivity contribution in [2.24, 2.45) is 5.92 Å². The molecule has 0 spiro atoms. The van der Waals surface area contributed by atoms with Crippen LogP contribution in [0.2, 0.25) is 0 Å². The van der Waals surface area contributed by atoms with Crippen molar-refractivity contribution in [3.05, 3.63) is 35.4 Å². The molecule has 1 atom stereocenters. The highest BCUT2D eigenvalue weighted by Gasteiger charge is 2.24. The van der Waals surface area contributed by atoms with Crippen LogP contribution in [0.1, 0.15) is 30.9 Å². The first kappa shape index (κ1) is 14.1. The van der Waals surface area contributed by atoms with Crippen molar-refractivity contribution >= 4 is 5.91 Å². The van der Waals surface area contributed by atoms with E-state index >= 15 is 0 Å². The largest absolute Gasteiger partial charge is 0.396 e. The molecule has 104 valence electrons. The van der Waals surface area contributed by atoms with Gasteiger partial charge in [-0.15, -0.1) is 0 Å². The number of aryl methyl sites for hydroxylation is 2. The minimum absolute atomic E-state index is 0.197. The summed E-state index contributed by atoms with van der Waals surface area (Å²) in [7, 11) is 0. The number of amides is 1. The number of hydrogen-bond donors (Lipinski definition) is 1. The number of nitrogens with zero attached hydrogens (tertiary/aromatic N) is 1. The maximum atomic E-state index is 12.0. The lowest BCUT2D eigenvalue weighted by molar-refractivity contribution is -0.130. The molecule has 1 aliphatic rings. The van der Waals surface area contributed by atoms with Gasteiger partial charge >= 0.3 is 0 Å². The molecule has 3 heteroatoms. The summed E-state index contributed by atoms with van der Waals surface area (Å²) < 4.78 is 0. The molecule has 1 heterocycles. The number of benzene rings is 1. The summed E-state index contributed by atoms with van der Waals surface area (Å²) in [4.78, 5) is 13.9. The maximum Gasteiger partial charge on any atom is 0.222 e. The quantitative estimate of drug-likeness (QED) is 0.881. The van der Waals surface area contributed by atoms with Crippen molar-refractivity contribution in [1.29, 1.82) is 0 Å². The molecule has 0 aliphatic carbocycles. The van der Waals surface area contributed by atoms with Crippen molar-refractivity contribution in [3.63, 3.8) is 0 Å². The molecule has 1 saturated heterocycles. The Labute approximate surface area is 115 Å². The minimum Gasteiger partial charge on any atom is -0.396 e. The van der Waals surface area contributed by atoms with Gasteiger partial charge in [-0.1, -0.05) is 31.2 Å². The Morgan fingerprint density at radius 2 is 2.00 bits per heavy atom. The van der Waals surface area contributed by atoms with Crippen molar-refractivity contribution in [2.75, 3.05) is 19.7 Å². The first-order valence-corrected chi connectivity index (χ1v) is 7.19. The number of aliphatic hydroxyl groups excluding tert-OH is 1. The number of likely N-dealkylation sites (tertiary alicyclic amines) is 1. The molecular formula is C16H23NO2. The Morgan fingerprint density at radius 3 is 2.58 bits per heavy atom. The molecule has 1 N–H and O–H groups in total. The fourth-order valence-electron chi connectivity index (χ4n) is 2.56. The van der Waals surface area contributed by atoms with Crippen molar-refractivity contribution in [2.45, 2.75) is 32.6 Å². The zero-order valence-electron chi connectivity index (χ0n) is 11.6. The summed E-state index contributed by atoms with van der Waals surface area (Å²) in [6.45, 7) is 3.87. The number of aliphatic hydroxyl groups is 1. The summed E-state index contributed by atoms with van der Waals surface area (Å²) >= 11 is 0. The zero-order valence-corrected chi connectivity index (χ0v) is 11.6. The highest BCUT2D eigenvalue weighted by molar-refractivity contribution is 5.76. The summed E-state index contributed by atoms with van der Waals surface area (Å²) in [6, 6.07) is 8.51. The summed E-state index contributed by atoms with van der Waals surface area (Å²) in [6.07, 6.45) is 3.37. The number of carbonyl (C=O) groups excluding carboxylic acids is 1. The number of hydrogen-bond acceptors (Lipinski definition) is 2. The molecule has 0 aromatic heterocycles. The fraction of sp³-hybridized carbons (Fsp3) is 0.562. The molecule has 2 rings (SSSR count). The average molecular weight is 261 g/mol. The molecule has 1 aliphatic heterocycles. The highest BCUT2D eigenvalue weighted by Crippen LogP contribution is 2.17. The molecule has 0 radical (unpaired) electrons. The van der Waals surface area contributed by atoms with Crippen molar-refractivity contribution in [3.8, 4) is 0 Å². The van der Waals surface area contributed by atoms with Gasteiger partial charge in [-0.2, -0.15) is 0 Å². The summed E-state index contributed by atoms with van der Waals surface area (Å²) in [5.74, 6) is 0.503. The van der Waals surface area contributed by atoms with Crippen LogP contribution in [0.25, 0.3) is 0 Å². The highest BCUT2D eigenvalue weighted by atomic mass is 16.3. The lowest BCUT2D eigenvalue weighted by Crippen LogP contribution is -2.29. The van der Waals surface area contributed by atoms with Crippen LogP contribution < -0.4 is 0 Å². The number of rotatable bonds is 5. The molecule has 1 unspecified atom stereocenters. The predicted molar refractivity (Wildman–Crippen MR) is 75.9 cm³/mol. The van der Waals surface area contributed by atoms with E-state index in [1.54, 1.807) is 0 Å². The van der Waals surface area contributed by atoms with Gasteiger partial charge in [0.25, 0.3) is 0 Å². The van der Waals surface area contributed by atoms with Crippen LogP contribution in [-0.2, 0) is 17.6 Å². The lowest BCUT2D eigenvalue weighted by Gasteiger charge is -2.16. The molecule has 1 aromatic rings. The molecule has 1 fully saturated rings. The Hall–Kier alpha value is -1.35. The molecular weight excluding hydrogens is 238 g/mol. The molecule has 1 aromatic carbocycles. The normalized spacial score (nSPS) is 18.8. The van der Waals surface area contributed by atoms with Crippen LogP contribution >= 0.6 is 0 Å². The van der Waals surface area contributed by atoms with Crippen molar-refractivity contribution < 1.29 is 9.90 Å². The monoisotopic (exact) mass is 261 g/mol. The van der Waals surface area contributed by atoms with E-state index in [0.717, 1.165) is 32.4 Å². The van der Waals surface area contributed by atoms with Crippen LogP contribution in [0.5, 0.6) is 0 Å². The van der Waals surface area contributed by atoms with E-state index in [4.69, 9.17) is 5.11 Å². The van der Waals surface area contributed by atoms with Crippen LogP contribution in [0, 0.1) is 5.92 Å². The Bertz CT molecular complexity index is 413. The minimum atomic E-state index is 0.197. The SMILES string of the molecule is CCc1ccc(CCC(=O)N2CCC(CO)C2)cc1. The van der Waals surface area contributed by atoms with Gasteiger partial charge in [0.2, 0.25) is 5.91 Å². The van der Waals surface area contributed by atoms with E-state index < -0.39 is 0 Å². The lowest BCUT2D eigenvalue weighted by atomic mass is 10.1. The second kappa shape index (κ2) is 6.71. The van der Waals surface area contributed by atoms with E-state index in [2.05, 4.69) is 31.2 Å². The first-order valence-electron chi connectivity index (χ1n) is 7.19. The van der Waals surface area contributed by atoms with Gasteiger partial charge in [0.1, 0.15) is 0 Å². The van der Waals surface area contributed by atoms with Gasteiger partial charge in [0, 0.05) is 32.0 Å². The third-order valence-corrected chi connectivity index (χ3v) is 3.96. The predicted octanol–water partition coefficient (Wildman–Crippen LogP) is 2.02. The van der Waals surface area contributed by atoms with Gasteiger partial charge in [-0.25, -0.2) is 0 Å². The van der Waals surface area contributed by atoms with Crippen LogP contribution in [0.4, 0.5) is 0 Å². The van der Waals surface area contributed by atoms with Gasteiger partial charge < -0.3 is 10.0 Å². The summed E-state index contributed by atoms with van der Waals surface area (Å²) in [5.41, 5.74) is 2.56. The Kier molecular flexibility index (Phi) is 4.97. The van der Waals surface area contributed by atoms with Gasteiger partial charge in [0.05, 0.1) is 0 Å². The standard InChI is InChI=1S/C16H23NO2/c1-2-13-3-5-14(6-4-13)7-8-16(19)17-10-9-15(11-17)12-18/h3-6,15,18H,2,7-12H2,1H3. The van der Waals surface area contributed by atoms with Crippen LogP contribution in [-0.4, -0.2) is 35.6 Å². The van der Waals surface area contributed by atoms with Gasteiger partial charge in [-0.3, -0.25) is 4.79 Å². The van der Waals surface area contributed by atoms with Gasteiger partial charge in [0.15, 0.2) is 0 Å². The third kappa shape index (κ3) is 3.80. The van der Waals surface area contributed by atoms with E-state index in [0.29, 0.717) is 6.42 Å². The molecule has 0 bridgehead atoms. The molecule has 3 nitrogen and oxygen atoms in total. The maximum absolute atomic E-state index is 12.0. The van der Waals surface area contributed by atoms with Crippen LogP contribution in [0.3, 0.4) is 0 Å². The Balaban J connectivity index is 1.80. The Morgan fingerprint density at radius 1 is 1.32 bits per heavy atom. The van der Waals surface area contributed by atoms with Gasteiger partial charge in [-0.05, 0) is 30.4 Å². The number of carbonyl (C=O) groups is 1. The van der Waals surface area contributed by atoms with E-state index in [1.807, 2.05) is 4.90 Å². The smallest absolute Gasteiger partial charge is 0.222 e. The molecule has 1 amide bonds. The zero-order chi connectivity index (χ0) is 13.7. The first-order chi connectivity index (χ1) is 9.22. The second-order valence-corrected chi connectivity index (χ2v) is 5.35. The molecule has 19 heavy (non-hydrogen) atoms. The van der Waals surface area contributed by atoms with Crippen molar-refractivity contribution in [1.82, 2.24) is 4.90 Å². The van der Waals surface area contributed by atoms with E-state index in [9.17, 15) is 4.79 Å². The summed E-state index contributed by atoms with van der Waals surface area (Å²) in [5, 5.41) is 9.08. The topological polar surface area (TPSA) is 40.5 Å². The van der Waals surface area contributed by atoms with E-state index in [-0.39, 0.29) is 18.4 Å².